The van der Waals surface area contributed by atoms with Gasteiger partial charge >= 0.3 is 0 Å². The molecule has 1 aliphatic rings. The first-order valence-corrected chi connectivity index (χ1v) is 20.9. The predicted octanol–water partition coefficient (Wildman–Crippen LogP) is 14.8. The lowest BCUT2D eigenvalue weighted by atomic mass is 9.81. The maximum absolute atomic E-state index is 2.48. The Kier molecular flexibility index (Phi) is 7.43. The van der Waals surface area contributed by atoms with Crippen LogP contribution < -0.4 is 0 Å². The summed E-state index contributed by atoms with van der Waals surface area (Å²) in [6, 6.07) is 72.1. The van der Waals surface area contributed by atoms with Gasteiger partial charge in [0, 0.05) is 38.0 Å². The second-order valence-electron chi connectivity index (χ2n) is 16.8. The van der Waals surface area contributed by atoms with Crippen molar-refractivity contribution in [2.24, 2.45) is 0 Å². The number of benzene rings is 9. The molecule has 1 aliphatic carbocycles. The van der Waals surface area contributed by atoms with Gasteiger partial charge in [-0.3, -0.25) is 0 Å². The fourth-order valence-corrected chi connectivity index (χ4v) is 10.3. The lowest BCUT2D eigenvalue weighted by Crippen LogP contribution is -2.15. The van der Waals surface area contributed by atoms with Crippen LogP contribution in [0, 0.1) is 0 Å². The molecule has 0 bridgehead atoms. The van der Waals surface area contributed by atoms with Crippen molar-refractivity contribution in [1.82, 2.24) is 9.13 Å². The first kappa shape index (κ1) is 33.9. The van der Waals surface area contributed by atoms with Crippen LogP contribution >= 0.6 is 0 Å². The number of para-hydroxylation sites is 4. The van der Waals surface area contributed by atoms with E-state index in [-0.39, 0.29) is 5.41 Å². The molecule has 2 heteroatoms. The van der Waals surface area contributed by atoms with Gasteiger partial charge in [-0.05, 0) is 105 Å². The maximum atomic E-state index is 2.48. The van der Waals surface area contributed by atoms with E-state index in [2.05, 4.69) is 217 Å². The van der Waals surface area contributed by atoms with Gasteiger partial charge in [-0.15, -0.1) is 0 Å². The van der Waals surface area contributed by atoms with Crippen molar-refractivity contribution in [2.75, 3.05) is 0 Å². The molecule has 0 aliphatic heterocycles. The van der Waals surface area contributed by atoms with E-state index < -0.39 is 0 Å². The van der Waals surface area contributed by atoms with Crippen LogP contribution in [0.2, 0.25) is 0 Å². The lowest BCUT2D eigenvalue weighted by Gasteiger charge is -2.23. The van der Waals surface area contributed by atoms with E-state index >= 15 is 0 Å². The van der Waals surface area contributed by atoms with Gasteiger partial charge in [0.05, 0.1) is 27.8 Å². The van der Waals surface area contributed by atoms with Crippen LogP contribution in [0.4, 0.5) is 0 Å². The highest BCUT2D eigenvalue weighted by Gasteiger charge is 2.36. The standard InChI is InChI=1S/C57H42N2/c1-57(2)50-35-38(27-31-43(50)44-32-30-40(36-51(44)57)58-52-19-9-5-15-46(52)47-16-6-10-20-53(47)58)24-23-37-25-28-39(29-26-37)41-33-34-56(45-14-4-3-13-42(41)45)59-54-21-11-7-17-48(54)49-18-8-12-22-55(49)59/h3-22,25-36H,23-24H2,1-2H3. The molecule has 0 atom stereocenters. The quantitative estimate of drug-likeness (QED) is 0.160. The third-order valence-electron chi connectivity index (χ3n) is 13.3. The molecule has 0 fully saturated rings. The second kappa shape index (κ2) is 12.9. The second-order valence-corrected chi connectivity index (χ2v) is 16.8. The maximum Gasteiger partial charge on any atom is 0.0541 e. The zero-order chi connectivity index (χ0) is 39.2. The third-order valence-corrected chi connectivity index (χ3v) is 13.3. The topological polar surface area (TPSA) is 9.86 Å². The van der Waals surface area contributed by atoms with Crippen LogP contribution in [-0.2, 0) is 18.3 Å². The summed E-state index contributed by atoms with van der Waals surface area (Å²) in [5.41, 5.74) is 18.1. The average molecular weight is 755 g/mol. The summed E-state index contributed by atoms with van der Waals surface area (Å²) in [4.78, 5) is 0. The fourth-order valence-electron chi connectivity index (χ4n) is 10.3. The first-order chi connectivity index (χ1) is 29.0. The van der Waals surface area contributed by atoms with E-state index in [0.29, 0.717) is 0 Å². The Morgan fingerprint density at radius 3 is 1.39 bits per heavy atom. The molecule has 0 saturated carbocycles. The molecule has 2 heterocycles. The fraction of sp³-hybridized carbons (Fsp3) is 0.0877. The van der Waals surface area contributed by atoms with Crippen LogP contribution in [-0.4, -0.2) is 9.13 Å². The third kappa shape index (κ3) is 5.12. The minimum Gasteiger partial charge on any atom is -0.309 e. The molecule has 280 valence electrons. The van der Waals surface area contributed by atoms with E-state index in [1.165, 1.54) is 110 Å². The van der Waals surface area contributed by atoms with Crippen LogP contribution in [0.15, 0.2) is 194 Å². The molecule has 0 saturated heterocycles. The van der Waals surface area contributed by atoms with E-state index in [4.69, 9.17) is 0 Å². The highest BCUT2D eigenvalue weighted by atomic mass is 15.0. The molecule has 0 N–H and O–H groups in total. The summed E-state index contributed by atoms with van der Waals surface area (Å²) in [5.74, 6) is 0. The van der Waals surface area contributed by atoms with Gasteiger partial charge in [0.1, 0.15) is 0 Å². The van der Waals surface area contributed by atoms with E-state index in [1.54, 1.807) is 0 Å². The van der Waals surface area contributed by atoms with Gasteiger partial charge in [-0.25, -0.2) is 0 Å². The smallest absolute Gasteiger partial charge is 0.0541 e. The van der Waals surface area contributed by atoms with Gasteiger partial charge in [0.2, 0.25) is 0 Å². The number of nitrogens with zero attached hydrogens (tertiary/aromatic N) is 2. The minimum absolute atomic E-state index is 0.100. The normalized spacial score (nSPS) is 13.2. The summed E-state index contributed by atoms with van der Waals surface area (Å²) in [6.07, 6.45) is 2.00. The summed E-state index contributed by atoms with van der Waals surface area (Å²) < 4.78 is 4.87. The number of hydrogen-bond acceptors (Lipinski definition) is 0. The average Bonchev–Trinajstić information content (AvgIpc) is 3.88. The molecule has 11 aromatic rings. The Balaban J connectivity index is 0.824. The molecule has 0 radical (unpaired) electrons. The SMILES string of the molecule is CC1(C)c2cc(CCc3ccc(-c4ccc(-n5c6ccccc6c6ccccc65)c5ccccc45)cc3)ccc2-c2ccc(-n3c4ccccc4c4ccccc43)cc21. The number of hydrogen-bond donors (Lipinski definition) is 0. The van der Waals surface area contributed by atoms with Crippen molar-refractivity contribution in [3.63, 3.8) is 0 Å². The van der Waals surface area contributed by atoms with Gasteiger partial charge in [0.25, 0.3) is 0 Å². The van der Waals surface area contributed by atoms with Gasteiger partial charge in [-0.1, -0.05) is 166 Å². The monoisotopic (exact) mass is 754 g/mol. The highest BCUT2D eigenvalue weighted by Crippen LogP contribution is 2.50. The molecule has 2 nitrogen and oxygen atoms in total. The molecular formula is C57H42N2. The largest absolute Gasteiger partial charge is 0.309 e. The minimum atomic E-state index is -0.100. The van der Waals surface area contributed by atoms with Crippen LogP contribution in [0.5, 0.6) is 0 Å². The summed E-state index contributed by atoms with van der Waals surface area (Å²) in [6.45, 7) is 4.80. The van der Waals surface area contributed by atoms with E-state index in [0.717, 1.165) is 12.8 Å². The molecule has 0 spiro atoms. The number of aryl methyl sites for hydroxylation is 2. The predicted molar refractivity (Wildman–Crippen MR) is 249 cm³/mol. The van der Waals surface area contributed by atoms with Crippen LogP contribution in [0.3, 0.4) is 0 Å². The number of aromatic nitrogens is 2. The Morgan fingerprint density at radius 2 is 0.797 bits per heavy atom. The molecule has 2 aromatic heterocycles. The zero-order valence-electron chi connectivity index (χ0n) is 33.3. The van der Waals surface area contributed by atoms with Gasteiger partial charge in [0.15, 0.2) is 0 Å². The van der Waals surface area contributed by atoms with Crippen molar-refractivity contribution in [3.05, 3.63) is 216 Å². The van der Waals surface area contributed by atoms with Crippen LogP contribution in [0.25, 0.3) is 88.0 Å². The van der Waals surface area contributed by atoms with Crippen LogP contribution in [0.1, 0.15) is 36.1 Å². The van der Waals surface area contributed by atoms with Crippen molar-refractivity contribution in [3.8, 4) is 33.6 Å². The molecule has 59 heavy (non-hydrogen) atoms. The highest BCUT2D eigenvalue weighted by molar-refractivity contribution is 6.12. The van der Waals surface area contributed by atoms with E-state index in [1.807, 2.05) is 0 Å². The van der Waals surface area contributed by atoms with Crippen molar-refractivity contribution >= 4 is 54.4 Å². The van der Waals surface area contributed by atoms with Crippen molar-refractivity contribution < 1.29 is 0 Å². The summed E-state index contributed by atoms with van der Waals surface area (Å²) in [7, 11) is 0. The number of rotatable bonds is 6. The lowest BCUT2D eigenvalue weighted by molar-refractivity contribution is 0.658. The van der Waals surface area contributed by atoms with E-state index in [9.17, 15) is 0 Å². The molecule has 0 unspecified atom stereocenters. The summed E-state index contributed by atoms with van der Waals surface area (Å²) >= 11 is 0. The molecule has 9 aromatic carbocycles. The van der Waals surface area contributed by atoms with Crippen molar-refractivity contribution in [1.29, 1.82) is 0 Å². The Bertz CT molecular complexity index is 3360. The zero-order valence-corrected chi connectivity index (χ0v) is 33.3. The number of fused-ring (bicyclic) bond motifs is 10. The van der Waals surface area contributed by atoms with Crippen molar-refractivity contribution in [2.45, 2.75) is 32.1 Å². The molecular weight excluding hydrogens is 713 g/mol. The Morgan fingerprint density at radius 1 is 0.356 bits per heavy atom. The van der Waals surface area contributed by atoms with Gasteiger partial charge < -0.3 is 9.13 Å². The summed E-state index contributed by atoms with van der Waals surface area (Å²) in [5, 5.41) is 7.68. The molecule has 0 amide bonds. The Labute approximate surface area is 344 Å². The Hall–Kier alpha value is -7.16. The van der Waals surface area contributed by atoms with Gasteiger partial charge in [-0.2, -0.15) is 0 Å². The first-order valence-electron chi connectivity index (χ1n) is 20.9. The molecule has 12 rings (SSSR count).